The third-order valence-electron chi connectivity index (χ3n) is 4.77. The summed E-state index contributed by atoms with van der Waals surface area (Å²) in [5, 5.41) is 2.99. The molecule has 1 atom stereocenters. The fraction of sp³-hybridized carbons (Fsp3) is 0.440. The summed E-state index contributed by atoms with van der Waals surface area (Å²) in [5.74, 6) is 1.09. The largest absolute Gasteiger partial charge is 0.496 e. The topological polar surface area (TPSA) is 77.1 Å². The predicted molar refractivity (Wildman–Crippen MR) is 124 cm³/mol. The Balaban J connectivity index is 2.24. The van der Waals surface area contributed by atoms with Crippen LogP contribution in [0.1, 0.15) is 39.7 Å². The Bertz CT molecular complexity index is 871. The molecular formula is C25H34N2O5. The van der Waals surface area contributed by atoms with Crippen molar-refractivity contribution in [1.82, 2.24) is 10.2 Å². The Labute approximate surface area is 190 Å². The quantitative estimate of drug-likeness (QED) is 0.606. The number of hydrogen-bond donors (Lipinski definition) is 1. The molecule has 2 amide bonds. The van der Waals surface area contributed by atoms with Crippen LogP contribution in [0.4, 0.5) is 0 Å². The molecule has 0 saturated carbocycles. The molecule has 32 heavy (non-hydrogen) atoms. The van der Waals surface area contributed by atoms with Gasteiger partial charge in [0.05, 0.1) is 14.2 Å². The van der Waals surface area contributed by atoms with Crippen molar-refractivity contribution in [3.63, 3.8) is 0 Å². The number of rotatable bonds is 10. The van der Waals surface area contributed by atoms with E-state index in [1.54, 1.807) is 37.3 Å². The first-order valence-corrected chi connectivity index (χ1v) is 10.7. The van der Waals surface area contributed by atoms with Crippen molar-refractivity contribution in [3.05, 3.63) is 54.1 Å². The minimum absolute atomic E-state index is 0.188. The van der Waals surface area contributed by atoms with Crippen LogP contribution in [-0.2, 0) is 16.1 Å². The van der Waals surface area contributed by atoms with Crippen molar-refractivity contribution < 1.29 is 23.8 Å². The Kier molecular flexibility index (Phi) is 8.93. The highest BCUT2D eigenvalue weighted by Gasteiger charge is 2.30. The lowest BCUT2D eigenvalue weighted by molar-refractivity contribution is -0.143. The van der Waals surface area contributed by atoms with E-state index >= 15 is 0 Å². The maximum atomic E-state index is 13.3. The summed E-state index contributed by atoms with van der Waals surface area (Å²) in [6.45, 7) is 7.73. The van der Waals surface area contributed by atoms with Gasteiger partial charge in [0, 0.05) is 30.3 Å². The van der Waals surface area contributed by atoms with Gasteiger partial charge in [-0.15, -0.1) is 0 Å². The van der Waals surface area contributed by atoms with Gasteiger partial charge < -0.3 is 24.4 Å². The van der Waals surface area contributed by atoms with Gasteiger partial charge in [-0.3, -0.25) is 9.59 Å². The number of carbonyl (C=O) groups is 2. The fourth-order valence-electron chi connectivity index (χ4n) is 3.25. The molecule has 2 rings (SSSR count). The van der Waals surface area contributed by atoms with E-state index in [9.17, 15) is 9.59 Å². The van der Waals surface area contributed by atoms with Gasteiger partial charge in [0.2, 0.25) is 5.91 Å². The zero-order valence-corrected chi connectivity index (χ0v) is 19.8. The molecular weight excluding hydrogens is 408 g/mol. The molecule has 0 radical (unpaired) electrons. The first-order chi connectivity index (χ1) is 15.2. The summed E-state index contributed by atoms with van der Waals surface area (Å²) in [4.78, 5) is 27.8. The van der Waals surface area contributed by atoms with Crippen molar-refractivity contribution in [2.75, 3.05) is 20.8 Å². The Hall–Kier alpha value is -3.22. The SMILES string of the molecule is CCC(C(=O)NC(C)(C)C)N(Cc1ccccc1)C(=O)COc1cc(OC)cc(OC)c1. The molecule has 2 aromatic carbocycles. The van der Waals surface area contributed by atoms with Crippen LogP contribution < -0.4 is 19.5 Å². The monoisotopic (exact) mass is 442 g/mol. The van der Waals surface area contributed by atoms with Crippen LogP contribution in [-0.4, -0.2) is 49.1 Å². The van der Waals surface area contributed by atoms with Crippen molar-refractivity contribution in [3.8, 4) is 17.2 Å². The lowest BCUT2D eigenvalue weighted by Crippen LogP contribution is -2.54. The van der Waals surface area contributed by atoms with E-state index in [1.807, 2.05) is 58.0 Å². The molecule has 0 aliphatic carbocycles. The molecule has 0 bridgehead atoms. The first-order valence-electron chi connectivity index (χ1n) is 10.7. The normalized spacial score (nSPS) is 11.9. The third kappa shape index (κ3) is 7.48. The van der Waals surface area contributed by atoms with E-state index in [0.29, 0.717) is 30.2 Å². The number of carbonyl (C=O) groups excluding carboxylic acids is 2. The van der Waals surface area contributed by atoms with Gasteiger partial charge >= 0.3 is 0 Å². The Morgan fingerprint density at radius 2 is 1.53 bits per heavy atom. The number of ether oxygens (including phenoxy) is 3. The van der Waals surface area contributed by atoms with E-state index in [0.717, 1.165) is 5.56 Å². The van der Waals surface area contributed by atoms with Gasteiger partial charge in [-0.2, -0.15) is 0 Å². The molecule has 0 saturated heterocycles. The standard InChI is InChI=1S/C25H34N2O5/c1-7-22(24(29)26-25(2,3)4)27(16-18-11-9-8-10-12-18)23(28)17-32-21-14-19(30-5)13-20(15-21)31-6/h8-15,22H,7,16-17H2,1-6H3,(H,26,29). The second-order valence-electron chi connectivity index (χ2n) is 8.51. The summed E-state index contributed by atoms with van der Waals surface area (Å²) in [7, 11) is 3.09. The highest BCUT2D eigenvalue weighted by atomic mass is 16.5. The van der Waals surface area contributed by atoms with E-state index in [4.69, 9.17) is 14.2 Å². The number of methoxy groups -OCH3 is 2. The molecule has 0 aliphatic heterocycles. The minimum Gasteiger partial charge on any atom is -0.496 e. The average Bonchev–Trinajstić information content (AvgIpc) is 2.76. The maximum absolute atomic E-state index is 13.3. The molecule has 1 unspecified atom stereocenters. The zero-order chi connectivity index (χ0) is 23.7. The van der Waals surface area contributed by atoms with Crippen LogP contribution in [0.25, 0.3) is 0 Å². The van der Waals surface area contributed by atoms with Crippen molar-refractivity contribution in [1.29, 1.82) is 0 Å². The first kappa shape index (κ1) is 25.0. The van der Waals surface area contributed by atoms with Crippen molar-refractivity contribution in [2.45, 2.75) is 52.2 Å². The van der Waals surface area contributed by atoms with Crippen LogP contribution in [0.5, 0.6) is 17.2 Å². The molecule has 0 fully saturated rings. The zero-order valence-electron chi connectivity index (χ0n) is 19.8. The Morgan fingerprint density at radius 3 is 2.03 bits per heavy atom. The molecule has 7 heteroatoms. The average molecular weight is 443 g/mol. The second kappa shape index (κ2) is 11.4. The fourth-order valence-corrected chi connectivity index (χ4v) is 3.25. The molecule has 7 nitrogen and oxygen atoms in total. The van der Waals surface area contributed by atoms with E-state index < -0.39 is 11.6 Å². The van der Waals surface area contributed by atoms with Crippen LogP contribution in [0.3, 0.4) is 0 Å². The number of nitrogens with one attached hydrogen (secondary N) is 1. The lowest BCUT2D eigenvalue weighted by atomic mass is 10.1. The third-order valence-corrected chi connectivity index (χ3v) is 4.77. The van der Waals surface area contributed by atoms with Crippen LogP contribution in [0, 0.1) is 0 Å². The smallest absolute Gasteiger partial charge is 0.261 e. The highest BCUT2D eigenvalue weighted by Crippen LogP contribution is 2.27. The molecule has 0 aliphatic rings. The number of hydrogen-bond acceptors (Lipinski definition) is 5. The second-order valence-corrected chi connectivity index (χ2v) is 8.51. The van der Waals surface area contributed by atoms with Crippen molar-refractivity contribution >= 4 is 11.8 Å². The van der Waals surface area contributed by atoms with Gasteiger partial charge in [0.25, 0.3) is 5.91 Å². The molecule has 2 aromatic rings. The summed E-state index contributed by atoms with van der Waals surface area (Å²) in [6.07, 6.45) is 0.480. The van der Waals surface area contributed by atoms with Gasteiger partial charge in [-0.25, -0.2) is 0 Å². The summed E-state index contributed by atoms with van der Waals surface area (Å²) in [5.41, 5.74) is 0.533. The molecule has 174 valence electrons. The summed E-state index contributed by atoms with van der Waals surface area (Å²) in [6, 6.07) is 14.1. The number of amides is 2. The summed E-state index contributed by atoms with van der Waals surface area (Å²) < 4.78 is 16.3. The predicted octanol–water partition coefficient (Wildman–Crippen LogP) is 3.80. The van der Waals surface area contributed by atoms with Gasteiger partial charge in [0.15, 0.2) is 6.61 Å². The van der Waals surface area contributed by atoms with E-state index in [1.165, 1.54) is 0 Å². The maximum Gasteiger partial charge on any atom is 0.261 e. The summed E-state index contributed by atoms with van der Waals surface area (Å²) >= 11 is 0. The minimum atomic E-state index is -0.620. The number of nitrogens with zero attached hydrogens (tertiary/aromatic N) is 1. The van der Waals surface area contributed by atoms with Gasteiger partial charge in [0.1, 0.15) is 23.3 Å². The van der Waals surface area contributed by atoms with Crippen molar-refractivity contribution in [2.24, 2.45) is 0 Å². The van der Waals surface area contributed by atoms with Gasteiger partial charge in [-0.05, 0) is 32.8 Å². The van der Waals surface area contributed by atoms with Crippen LogP contribution in [0.15, 0.2) is 48.5 Å². The van der Waals surface area contributed by atoms with E-state index in [2.05, 4.69) is 5.32 Å². The van der Waals surface area contributed by atoms with Crippen LogP contribution in [0.2, 0.25) is 0 Å². The lowest BCUT2D eigenvalue weighted by Gasteiger charge is -2.33. The van der Waals surface area contributed by atoms with Gasteiger partial charge in [-0.1, -0.05) is 37.3 Å². The van der Waals surface area contributed by atoms with E-state index in [-0.39, 0.29) is 18.4 Å². The van der Waals surface area contributed by atoms with Crippen LogP contribution >= 0.6 is 0 Å². The Morgan fingerprint density at radius 1 is 0.969 bits per heavy atom. The molecule has 1 N–H and O–H groups in total. The molecule has 0 aromatic heterocycles. The highest BCUT2D eigenvalue weighted by molar-refractivity contribution is 5.88. The number of benzene rings is 2. The molecule has 0 spiro atoms. The molecule has 0 heterocycles.